The number of methoxy groups -OCH3 is 2. The third-order valence-electron chi connectivity index (χ3n) is 4.88. The molecule has 1 heterocycles. The Balaban J connectivity index is 1.56. The SMILES string of the molecule is COC(=O)N1CCC[C@H](C(=O)N[C@@H]2C[C@H]2c2ccccc2OC)C1. The van der Waals surface area contributed by atoms with Crippen LogP contribution < -0.4 is 10.1 Å². The average Bonchev–Trinajstić information content (AvgIpc) is 3.39. The van der Waals surface area contributed by atoms with E-state index in [1.807, 2.05) is 18.2 Å². The quantitative estimate of drug-likeness (QED) is 0.917. The molecule has 130 valence electrons. The number of carbonyl (C=O) groups excluding carboxylic acids is 2. The van der Waals surface area contributed by atoms with Gasteiger partial charge in [0.15, 0.2) is 0 Å². The predicted molar refractivity (Wildman–Crippen MR) is 89.0 cm³/mol. The summed E-state index contributed by atoms with van der Waals surface area (Å²) in [5, 5.41) is 3.13. The zero-order valence-electron chi connectivity index (χ0n) is 14.2. The topological polar surface area (TPSA) is 67.9 Å². The molecule has 0 spiro atoms. The molecule has 1 aromatic rings. The number of nitrogens with zero attached hydrogens (tertiary/aromatic N) is 1. The summed E-state index contributed by atoms with van der Waals surface area (Å²) in [5.41, 5.74) is 1.14. The summed E-state index contributed by atoms with van der Waals surface area (Å²) in [6.45, 7) is 1.09. The first-order valence-corrected chi connectivity index (χ1v) is 8.40. The number of likely N-dealkylation sites (tertiary alicyclic amines) is 1. The number of amides is 2. The Kier molecular flexibility index (Phi) is 4.92. The van der Waals surface area contributed by atoms with Gasteiger partial charge in [0.1, 0.15) is 5.75 Å². The van der Waals surface area contributed by atoms with Crippen LogP contribution in [0.4, 0.5) is 4.79 Å². The fraction of sp³-hybridized carbons (Fsp3) is 0.556. The molecule has 0 bridgehead atoms. The lowest BCUT2D eigenvalue weighted by molar-refractivity contribution is -0.126. The molecule has 1 aliphatic heterocycles. The highest BCUT2D eigenvalue weighted by Crippen LogP contribution is 2.44. The second-order valence-electron chi connectivity index (χ2n) is 6.45. The number of piperidine rings is 1. The number of para-hydroxylation sites is 1. The summed E-state index contributed by atoms with van der Waals surface area (Å²) in [6.07, 6.45) is 2.21. The first-order valence-electron chi connectivity index (χ1n) is 8.40. The van der Waals surface area contributed by atoms with Crippen molar-refractivity contribution in [2.45, 2.75) is 31.2 Å². The monoisotopic (exact) mass is 332 g/mol. The molecule has 1 aliphatic carbocycles. The maximum absolute atomic E-state index is 12.5. The Bertz CT molecular complexity index is 619. The molecule has 24 heavy (non-hydrogen) atoms. The third-order valence-corrected chi connectivity index (χ3v) is 4.88. The van der Waals surface area contributed by atoms with Gasteiger partial charge >= 0.3 is 6.09 Å². The van der Waals surface area contributed by atoms with Gasteiger partial charge in [-0.2, -0.15) is 0 Å². The van der Waals surface area contributed by atoms with Gasteiger partial charge in [-0.1, -0.05) is 18.2 Å². The van der Waals surface area contributed by atoms with E-state index in [2.05, 4.69) is 11.4 Å². The Hall–Kier alpha value is -2.24. The Morgan fingerprint density at radius 1 is 1.25 bits per heavy atom. The fourth-order valence-electron chi connectivity index (χ4n) is 3.46. The summed E-state index contributed by atoms with van der Waals surface area (Å²) in [5.74, 6) is 1.06. The highest BCUT2D eigenvalue weighted by molar-refractivity contribution is 5.80. The molecule has 2 aliphatic rings. The molecule has 1 aromatic carbocycles. The molecule has 2 amide bonds. The van der Waals surface area contributed by atoms with E-state index in [-0.39, 0.29) is 24.0 Å². The van der Waals surface area contributed by atoms with Crippen LogP contribution >= 0.6 is 0 Å². The van der Waals surface area contributed by atoms with Crippen LogP contribution in [0.2, 0.25) is 0 Å². The number of ether oxygens (including phenoxy) is 2. The number of hydrogen-bond donors (Lipinski definition) is 1. The maximum Gasteiger partial charge on any atom is 0.409 e. The minimum atomic E-state index is -0.356. The van der Waals surface area contributed by atoms with Crippen molar-refractivity contribution in [2.24, 2.45) is 5.92 Å². The molecule has 1 N–H and O–H groups in total. The molecule has 1 saturated heterocycles. The molecule has 0 radical (unpaired) electrons. The van der Waals surface area contributed by atoms with Crippen LogP contribution in [-0.2, 0) is 9.53 Å². The first-order chi connectivity index (χ1) is 11.6. The van der Waals surface area contributed by atoms with Gasteiger partial charge in [-0.15, -0.1) is 0 Å². The highest BCUT2D eigenvalue weighted by Gasteiger charge is 2.42. The van der Waals surface area contributed by atoms with Gasteiger partial charge in [0.05, 0.1) is 20.1 Å². The molecule has 3 atom stereocenters. The predicted octanol–water partition coefficient (Wildman–Crippen LogP) is 2.15. The molecule has 0 aromatic heterocycles. The first kappa shape index (κ1) is 16.6. The second-order valence-corrected chi connectivity index (χ2v) is 6.45. The Morgan fingerprint density at radius 2 is 2.04 bits per heavy atom. The maximum atomic E-state index is 12.5. The summed E-state index contributed by atoms with van der Waals surface area (Å²) < 4.78 is 10.2. The number of carbonyl (C=O) groups is 2. The van der Waals surface area contributed by atoms with E-state index in [0.717, 1.165) is 30.6 Å². The van der Waals surface area contributed by atoms with E-state index in [9.17, 15) is 9.59 Å². The number of rotatable bonds is 4. The van der Waals surface area contributed by atoms with E-state index >= 15 is 0 Å². The molecule has 0 unspecified atom stereocenters. The van der Waals surface area contributed by atoms with Gasteiger partial charge in [-0.05, 0) is 30.9 Å². The van der Waals surface area contributed by atoms with Crippen LogP contribution in [-0.4, -0.2) is 50.3 Å². The zero-order valence-corrected chi connectivity index (χ0v) is 14.2. The minimum Gasteiger partial charge on any atom is -0.496 e. The molecule has 3 rings (SSSR count). The van der Waals surface area contributed by atoms with E-state index in [4.69, 9.17) is 9.47 Å². The molecular formula is C18H24N2O4. The van der Waals surface area contributed by atoms with Crippen molar-refractivity contribution in [3.05, 3.63) is 29.8 Å². The Labute approximate surface area is 142 Å². The molecule has 6 heteroatoms. The van der Waals surface area contributed by atoms with Crippen molar-refractivity contribution >= 4 is 12.0 Å². The highest BCUT2D eigenvalue weighted by atomic mass is 16.5. The van der Waals surface area contributed by atoms with Crippen LogP contribution in [0.5, 0.6) is 5.75 Å². The smallest absolute Gasteiger partial charge is 0.409 e. The van der Waals surface area contributed by atoms with E-state index in [1.54, 1.807) is 12.0 Å². The van der Waals surface area contributed by atoms with Crippen molar-refractivity contribution in [2.75, 3.05) is 27.3 Å². The molecule has 2 fully saturated rings. The fourth-order valence-corrected chi connectivity index (χ4v) is 3.46. The summed E-state index contributed by atoms with van der Waals surface area (Å²) in [6, 6.07) is 8.09. The van der Waals surface area contributed by atoms with E-state index < -0.39 is 0 Å². The molecule has 6 nitrogen and oxygen atoms in total. The van der Waals surface area contributed by atoms with Gasteiger partial charge in [0, 0.05) is 25.0 Å². The third kappa shape index (κ3) is 3.47. The van der Waals surface area contributed by atoms with Crippen LogP contribution in [0.15, 0.2) is 24.3 Å². The lowest BCUT2D eigenvalue weighted by atomic mass is 9.97. The van der Waals surface area contributed by atoms with Gasteiger partial charge in [-0.3, -0.25) is 4.79 Å². The van der Waals surface area contributed by atoms with Gasteiger partial charge in [0.25, 0.3) is 0 Å². The molecule has 1 saturated carbocycles. The Morgan fingerprint density at radius 3 is 2.79 bits per heavy atom. The number of benzene rings is 1. The van der Waals surface area contributed by atoms with Gasteiger partial charge < -0.3 is 19.7 Å². The summed E-state index contributed by atoms with van der Waals surface area (Å²) in [7, 11) is 3.03. The van der Waals surface area contributed by atoms with Crippen LogP contribution in [0.3, 0.4) is 0 Å². The number of nitrogens with one attached hydrogen (secondary N) is 1. The summed E-state index contributed by atoms with van der Waals surface area (Å²) >= 11 is 0. The molecular weight excluding hydrogens is 308 g/mol. The van der Waals surface area contributed by atoms with E-state index in [0.29, 0.717) is 19.0 Å². The lowest BCUT2D eigenvalue weighted by Crippen LogP contribution is -2.46. The summed E-state index contributed by atoms with van der Waals surface area (Å²) in [4.78, 5) is 25.8. The van der Waals surface area contributed by atoms with Gasteiger partial charge in [-0.25, -0.2) is 4.79 Å². The largest absolute Gasteiger partial charge is 0.496 e. The van der Waals surface area contributed by atoms with Crippen molar-refractivity contribution in [3.63, 3.8) is 0 Å². The normalized spacial score (nSPS) is 25.8. The van der Waals surface area contributed by atoms with Crippen molar-refractivity contribution < 1.29 is 19.1 Å². The van der Waals surface area contributed by atoms with E-state index in [1.165, 1.54) is 7.11 Å². The van der Waals surface area contributed by atoms with Crippen LogP contribution in [0, 0.1) is 5.92 Å². The average molecular weight is 332 g/mol. The van der Waals surface area contributed by atoms with Crippen LogP contribution in [0.1, 0.15) is 30.7 Å². The number of hydrogen-bond acceptors (Lipinski definition) is 4. The van der Waals surface area contributed by atoms with Crippen molar-refractivity contribution in [1.82, 2.24) is 10.2 Å². The minimum absolute atomic E-state index is 0.0333. The second kappa shape index (κ2) is 7.11. The zero-order chi connectivity index (χ0) is 17.1. The van der Waals surface area contributed by atoms with Gasteiger partial charge in [0.2, 0.25) is 5.91 Å². The lowest BCUT2D eigenvalue weighted by Gasteiger charge is -2.30. The van der Waals surface area contributed by atoms with Crippen molar-refractivity contribution in [1.29, 1.82) is 0 Å². The van der Waals surface area contributed by atoms with Crippen LogP contribution in [0.25, 0.3) is 0 Å². The standard InChI is InChI=1S/C18H24N2O4/c1-23-16-8-4-3-7-13(16)14-10-15(14)19-17(21)12-6-5-9-20(11-12)18(22)24-2/h3-4,7-8,12,14-15H,5-6,9-11H2,1-2H3,(H,19,21)/t12-,14-,15+/m0/s1. The van der Waals surface area contributed by atoms with Crippen molar-refractivity contribution in [3.8, 4) is 5.75 Å².